The molecular weight excluding hydrogens is 475 g/mol. The summed E-state index contributed by atoms with van der Waals surface area (Å²) in [6.45, 7) is 2.73. The Balaban J connectivity index is 1.54. The molecule has 37 heavy (non-hydrogen) atoms. The average molecular weight is 499 g/mol. The van der Waals surface area contributed by atoms with E-state index in [1.165, 1.54) is 17.0 Å². The Morgan fingerprint density at radius 1 is 1.03 bits per heavy atom. The summed E-state index contributed by atoms with van der Waals surface area (Å²) in [5.41, 5.74) is 3.32. The number of aliphatic hydroxyl groups excluding tert-OH is 1. The minimum absolute atomic E-state index is 0.0170. The number of carbonyl (C=O) groups excluding carboxylic acids is 2. The lowest BCUT2D eigenvalue weighted by molar-refractivity contribution is -0.140. The quantitative estimate of drug-likeness (QED) is 0.235. The monoisotopic (exact) mass is 498 g/mol. The number of likely N-dealkylation sites (tertiary alicyclic amines) is 1. The van der Waals surface area contributed by atoms with Crippen molar-refractivity contribution in [3.8, 4) is 11.5 Å². The van der Waals surface area contributed by atoms with Crippen LogP contribution in [0, 0.1) is 12.7 Å². The number of aryl methyl sites for hydroxylation is 1. The van der Waals surface area contributed by atoms with Gasteiger partial charge >= 0.3 is 0 Å². The fourth-order valence-electron chi connectivity index (χ4n) is 5.13. The van der Waals surface area contributed by atoms with E-state index < -0.39 is 23.5 Å². The third kappa shape index (κ3) is 3.81. The van der Waals surface area contributed by atoms with Gasteiger partial charge in [0, 0.05) is 34.3 Å². The van der Waals surface area contributed by atoms with Crippen LogP contribution in [0.5, 0.6) is 11.5 Å². The Morgan fingerprint density at radius 2 is 1.76 bits per heavy atom. The Labute approximate surface area is 211 Å². The number of nitrogens with zero attached hydrogens (tertiary/aromatic N) is 1. The van der Waals surface area contributed by atoms with Crippen molar-refractivity contribution in [2.75, 3.05) is 13.2 Å². The normalized spacial score (nSPS) is 18.5. The van der Waals surface area contributed by atoms with Crippen LogP contribution in [0.2, 0.25) is 0 Å². The Hall–Kier alpha value is -4.59. The Kier molecular flexibility index (Phi) is 5.44. The van der Waals surface area contributed by atoms with E-state index in [9.17, 15) is 19.1 Å². The molecule has 0 aliphatic carbocycles. The second-order valence-electron chi connectivity index (χ2n) is 9.12. The lowest BCUT2D eigenvalue weighted by atomic mass is 9.93. The fourth-order valence-corrected chi connectivity index (χ4v) is 5.13. The molecule has 3 heterocycles. The number of aromatic nitrogens is 1. The summed E-state index contributed by atoms with van der Waals surface area (Å²) < 4.78 is 24.8. The first-order chi connectivity index (χ1) is 17.9. The lowest BCUT2D eigenvalue weighted by Crippen LogP contribution is -2.29. The van der Waals surface area contributed by atoms with E-state index in [4.69, 9.17) is 9.47 Å². The molecule has 2 aliphatic heterocycles. The molecule has 186 valence electrons. The predicted molar refractivity (Wildman–Crippen MR) is 135 cm³/mol. The number of H-pyrrole nitrogens is 1. The van der Waals surface area contributed by atoms with Crippen LogP contribution in [-0.4, -0.2) is 39.9 Å². The van der Waals surface area contributed by atoms with Crippen molar-refractivity contribution in [1.82, 2.24) is 9.88 Å². The van der Waals surface area contributed by atoms with Crippen molar-refractivity contribution in [3.05, 3.63) is 101 Å². The van der Waals surface area contributed by atoms with E-state index >= 15 is 0 Å². The molecular formula is C29H23FN2O5. The third-order valence-corrected chi connectivity index (χ3v) is 6.84. The number of aromatic amines is 1. The Morgan fingerprint density at radius 3 is 2.54 bits per heavy atom. The first-order valence-electron chi connectivity index (χ1n) is 11.9. The first kappa shape index (κ1) is 22.8. The fraction of sp³-hybridized carbons (Fsp3) is 0.172. The van der Waals surface area contributed by atoms with Crippen LogP contribution in [0.15, 0.2) is 72.3 Å². The van der Waals surface area contributed by atoms with Crippen molar-refractivity contribution < 1.29 is 28.6 Å². The molecule has 1 fully saturated rings. The number of halogens is 1. The number of para-hydroxylation sites is 1. The number of amides is 1. The summed E-state index contributed by atoms with van der Waals surface area (Å²) in [6, 6.07) is 17.4. The molecule has 0 bridgehead atoms. The zero-order chi connectivity index (χ0) is 25.7. The molecule has 2 N–H and O–H groups in total. The van der Waals surface area contributed by atoms with Crippen LogP contribution >= 0.6 is 0 Å². The summed E-state index contributed by atoms with van der Waals surface area (Å²) in [4.78, 5) is 31.7. The van der Waals surface area contributed by atoms with Gasteiger partial charge in [-0.25, -0.2) is 4.39 Å². The van der Waals surface area contributed by atoms with Gasteiger partial charge in [-0.05, 0) is 48.9 Å². The van der Waals surface area contributed by atoms with Crippen molar-refractivity contribution in [1.29, 1.82) is 0 Å². The van der Waals surface area contributed by atoms with Gasteiger partial charge in [0.25, 0.3) is 11.7 Å². The van der Waals surface area contributed by atoms with Gasteiger partial charge < -0.3 is 24.5 Å². The minimum Gasteiger partial charge on any atom is -0.507 e. The second-order valence-corrected chi connectivity index (χ2v) is 9.12. The number of rotatable bonds is 4. The molecule has 1 aromatic heterocycles. The number of ether oxygens (including phenoxy) is 2. The first-order valence-corrected chi connectivity index (χ1v) is 11.9. The van der Waals surface area contributed by atoms with Gasteiger partial charge in [0.05, 0.1) is 11.6 Å². The van der Waals surface area contributed by atoms with E-state index in [0.717, 1.165) is 22.2 Å². The highest BCUT2D eigenvalue weighted by Gasteiger charge is 2.47. The van der Waals surface area contributed by atoms with Crippen LogP contribution < -0.4 is 9.47 Å². The molecule has 6 rings (SSSR count). The van der Waals surface area contributed by atoms with Gasteiger partial charge in [-0.1, -0.05) is 30.3 Å². The average Bonchev–Trinajstić information content (AvgIpc) is 3.36. The lowest BCUT2D eigenvalue weighted by Gasteiger charge is -2.26. The van der Waals surface area contributed by atoms with Crippen molar-refractivity contribution in [3.63, 3.8) is 0 Å². The van der Waals surface area contributed by atoms with Gasteiger partial charge in [-0.15, -0.1) is 0 Å². The maximum Gasteiger partial charge on any atom is 0.295 e. The SMILES string of the molecule is Cc1[nH]c2ccccc2c1C1/C(=C(\O)c2ccc3c(c2)OCCO3)C(=O)C(=O)N1Cc1ccc(F)cc1. The van der Waals surface area contributed by atoms with Gasteiger partial charge in [-0.3, -0.25) is 9.59 Å². The minimum atomic E-state index is -0.866. The molecule has 1 unspecified atom stereocenters. The molecule has 3 aromatic carbocycles. The van der Waals surface area contributed by atoms with E-state index in [-0.39, 0.29) is 17.9 Å². The maximum absolute atomic E-state index is 13.5. The molecule has 1 amide bonds. The summed E-state index contributed by atoms with van der Waals surface area (Å²) in [5.74, 6) is -1.22. The zero-order valence-electron chi connectivity index (χ0n) is 20.0. The highest BCUT2D eigenvalue weighted by molar-refractivity contribution is 6.46. The number of hydrogen-bond acceptors (Lipinski definition) is 5. The smallest absolute Gasteiger partial charge is 0.295 e. The topological polar surface area (TPSA) is 91.9 Å². The molecule has 1 saturated heterocycles. The molecule has 8 heteroatoms. The number of benzene rings is 3. The number of carbonyl (C=O) groups is 2. The molecule has 0 radical (unpaired) electrons. The molecule has 0 spiro atoms. The van der Waals surface area contributed by atoms with Gasteiger partial charge in [0.2, 0.25) is 0 Å². The van der Waals surface area contributed by atoms with E-state index in [1.54, 1.807) is 30.3 Å². The van der Waals surface area contributed by atoms with Crippen molar-refractivity contribution in [2.24, 2.45) is 0 Å². The number of ketones is 1. The Bertz CT molecular complexity index is 1590. The molecule has 0 saturated carbocycles. The van der Waals surface area contributed by atoms with Gasteiger partial charge in [0.15, 0.2) is 11.5 Å². The van der Waals surface area contributed by atoms with Crippen LogP contribution in [0.3, 0.4) is 0 Å². The van der Waals surface area contributed by atoms with Crippen molar-refractivity contribution >= 4 is 28.4 Å². The zero-order valence-corrected chi connectivity index (χ0v) is 20.0. The summed E-state index contributed by atoms with van der Waals surface area (Å²) >= 11 is 0. The third-order valence-electron chi connectivity index (χ3n) is 6.84. The van der Waals surface area contributed by atoms with E-state index in [2.05, 4.69) is 4.98 Å². The summed E-state index contributed by atoms with van der Waals surface area (Å²) in [5, 5.41) is 12.3. The number of hydrogen-bond donors (Lipinski definition) is 2. The van der Waals surface area contributed by atoms with Crippen molar-refractivity contribution in [2.45, 2.75) is 19.5 Å². The highest BCUT2D eigenvalue weighted by atomic mass is 19.1. The molecule has 1 atom stereocenters. The summed E-state index contributed by atoms with van der Waals surface area (Å²) in [6.07, 6.45) is 0. The van der Waals surface area contributed by atoms with E-state index in [1.807, 2.05) is 31.2 Å². The summed E-state index contributed by atoms with van der Waals surface area (Å²) in [7, 11) is 0. The largest absolute Gasteiger partial charge is 0.507 e. The van der Waals surface area contributed by atoms with Gasteiger partial charge in [-0.2, -0.15) is 0 Å². The maximum atomic E-state index is 13.5. The second kappa shape index (κ2) is 8.81. The number of fused-ring (bicyclic) bond motifs is 2. The standard InChI is InChI=1S/C29H23FN2O5/c1-16-24(20-4-2-3-5-21(20)31-16)26-25(27(33)18-8-11-22-23(14-18)37-13-12-36-22)28(34)29(35)32(26)15-17-6-9-19(30)10-7-17/h2-11,14,26,31,33H,12-13,15H2,1H3/b27-25+. The van der Waals surface area contributed by atoms with Crippen LogP contribution in [0.4, 0.5) is 4.39 Å². The molecule has 7 nitrogen and oxygen atoms in total. The van der Waals surface area contributed by atoms with Crippen LogP contribution in [-0.2, 0) is 16.1 Å². The number of aliphatic hydroxyl groups is 1. The van der Waals surface area contributed by atoms with Crippen LogP contribution in [0.1, 0.15) is 28.4 Å². The highest BCUT2D eigenvalue weighted by Crippen LogP contribution is 2.45. The van der Waals surface area contributed by atoms with E-state index in [0.29, 0.717) is 35.8 Å². The number of nitrogens with one attached hydrogen (secondary N) is 1. The van der Waals surface area contributed by atoms with Crippen LogP contribution in [0.25, 0.3) is 16.7 Å². The van der Waals surface area contributed by atoms with Gasteiger partial charge in [0.1, 0.15) is 24.8 Å². The molecule has 4 aromatic rings. The number of Topliss-reactive ketones (excluding diaryl/α,β-unsaturated/α-hetero) is 1. The molecule has 2 aliphatic rings. The predicted octanol–water partition coefficient (Wildman–Crippen LogP) is 5.01.